The van der Waals surface area contributed by atoms with Gasteiger partial charge in [0.15, 0.2) is 0 Å². The van der Waals surface area contributed by atoms with E-state index in [2.05, 4.69) is 39.2 Å². The Morgan fingerprint density at radius 2 is 1.55 bits per heavy atom. The van der Waals surface area contributed by atoms with Crippen molar-refractivity contribution in [3.63, 3.8) is 0 Å². The number of nitrogens with zero attached hydrogens (tertiary/aromatic N) is 1. The molecule has 0 spiro atoms. The number of aromatic nitrogens is 2. The minimum atomic E-state index is -0.152. The van der Waals surface area contributed by atoms with Gasteiger partial charge >= 0.3 is 5.69 Å². The molecule has 0 unspecified atom stereocenters. The Morgan fingerprint density at radius 3 is 2.25 bits per heavy atom. The van der Waals surface area contributed by atoms with Crippen LogP contribution in [0, 0.1) is 0 Å². The monoisotopic (exact) mass is 265 g/mol. The molecule has 1 aliphatic rings. The fourth-order valence-electron chi connectivity index (χ4n) is 2.21. The van der Waals surface area contributed by atoms with Crippen molar-refractivity contribution in [1.82, 2.24) is 9.97 Å². The molecule has 1 aliphatic heterocycles. The van der Waals surface area contributed by atoms with E-state index in [1.807, 2.05) is 30.5 Å². The number of nitrogens with one attached hydrogen (secondary N) is 2. The predicted molar refractivity (Wildman–Crippen MR) is 81.5 cm³/mol. The molecule has 4 nitrogen and oxygen atoms in total. The fraction of sp³-hybridized carbons (Fsp3) is 0.125. The van der Waals surface area contributed by atoms with Gasteiger partial charge in [0.05, 0.1) is 11.0 Å². The largest absolute Gasteiger partial charge is 0.323 e. The van der Waals surface area contributed by atoms with E-state index >= 15 is 0 Å². The fourth-order valence-corrected chi connectivity index (χ4v) is 2.21. The van der Waals surface area contributed by atoms with E-state index in [1.165, 1.54) is 11.1 Å². The van der Waals surface area contributed by atoms with Crippen LogP contribution < -0.4 is 5.69 Å². The average molecular weight is 265 g/mol. The second kappa shape index (κ2) is 5.57. The topological polar surface area (TPSA) is 61.0 Å². The molecule has 1 aromatic heterocycles. The second-order valence-electron chi connectivity index (χ2n) is 4.61. The molecule has 0 radical (unpaired) electrons. The van der Waals surface area contributed by atoms with Gasteiger partial charge in [-0.25, -0.2) is 4.79 Å². The number of imidazole rings is 1. The quantitative estimate of drug-likeness (QED) is 0.644. The van der Waals surface area contributed by atoms with E-state index in [0.29, 0.717) is 0 Å². The summed E-state index contributed by atoms with van der Waals surface area (Å²) >= 11 is 0. The van der Waals surface area contributed by atoms with Crippen molar-refractivity contribution in [2.75, 3.05) is 6.54 Å². The standard InChI is InChI=1S/C9H9N.C7H6N2O/c1-2-4-9-7-10-6-5-8(9)3-1;10-7-8-5-3-1-2-4-6(5)9-7/h1-4,7H,5-6H2;1-4H,(H2,8,9,10). The van der Waals surface area contributed by atoms with Crippen LogP contribution in [0.5, 0.6) is 0 Å². The highest BCUT2D eigenvalue weighted by molar-refractivity contribution is 5.82. The maximum absolute atomic E-state index is 10.7. The highest BCUT2D eigenvalue weighted by Crippen LogP contribution is 2.10. The van der Waals surface area contributed by atoms with Crippen molar-refractivity contribution in [2.45, 2.75) is 6.42 Å². The van der Waals surface area contributed by atoms with Gasteiger partial charge in [0, 0.05) is 12.8 Å². The Hall–Kier alpha value is -2.62. The number of para-hydroxylation sites is 2. The van der Waals surface area contributed by atoms with Gasteiger partial charge in [-0.05, 0) is 29.7 Å². The SMILES string of the molecule is C1=NCCc2ccccc21.O=c1[nH]c2ccccc2[nH]1. The third-order valence-corrected chi connectivity index (χ3v) is 3.22. The number of hydrogen-bond donors (Lipinski definition) is 2. The van der Waals surface area contributed by atoms with Gasteiger partial charge in [0.2, 0.25) is 0 Å². The van der Waals surface area contributed by atoms with Gasteiger partial charge in [-0.15, -0.1) is 0 Å². The van der Waals surface area contributed by atoms with Crippen molar-refractivity contribution in [2.24, 2.45) is 4.99 Å². The van der Waals surface area contributed by atoms with Crippen molar-refractivity contribution < 1.29 is 0 Å². The molecule has 20 heavy (non-hydrogen) atoms. The lowest BCUT2D eigenvalue weighted by Crippen LogP contribution is -2.01. The van der Waals surface area contributed by atoms with Crippen molar-refractivity contribution in [1.29, 1.82) is 0 Å². The summed E-state index contributed by atoms with van der Waals surface area (Å²) in [4.78, 5) is 20.2. The zero-order valence-electron chi connectivity index (χ0n) is 11.0. The van der Waals surface area contributed by atoms with Crippen LogP contribution in [0.3, 0.4) is 0 Å². The van der Waals surface area contributed by atoms with Crippen LogP contribution >= 0.6 is 0 Å². The van der Waals surface area contributed by atoms with E-state index in [9.17, 15) is 4.79 Å². The average Bonchev–Trinajstić information content (AvgIpc) is 2.88. The van der Waals surface area contributed by atoms with Gasteiger partial charge in [-0.1, -0.05) is 36.4 Å². The Labute approximate surface area is 116 Å². The van der Waals surface area contributed by atoms with Crippen molar-refractivity contribution >= 4 is 17.2 Å². The maximum atomic E-state index is 10.7. The first-order chi connectivity index (χ1) is 9.83. The molecule has 0 aliphatic carbocycles. The van der Waals surface area contributed by atoms with Gasteiger partial charge in [-0.2, -0.15) is 0 Å². The van der Waals surface area contributed by atoms with E-state index < -0.39 is 0 Å². The van der Waals surface area contributed by atoms with Gasteiger partial charge < -0.3 is 9.97 Å². The lowest BCUT2D eigenvalue weighted by Gasteiger charge is -2.07. The highest BCUT2D eigenvalue weighted by atomic mass is 16.1. The van der Waals surface area contributed by atoms with Gasteiger partial charge in [-0.3, -0.25) is 4.99 Å². The number of aliphatic imine (C=N–C) groups is 1. The first-order valence-corrected chi connectivity index (χ1v) is 6.58. The number of H-pyrrole nitrogens is 2. The van der Waals surface area contributed by atoms with Crippen LogP contribution in [0.25, 0.3) is 11.0 Å². The lowest BCUT2D eigenvalue weighted by atomic mass is 10.0. The number of hydrogen-bond acceptors (Lipinski definition) is 2. The minimum absolute atomic E-state index is 0.152. The second-order valence-corrected chi connectivity index (χ2v) is 4.61. The molecular formula is C16H15N3O. The summed E-state index contributed by atoms with van der Waals surface area (Å²) in [6.07, 6.45) is 3.06. The van der Waals surface area contributed by atoms with Gasteiger partial charge in [0.25, 0.3) is 0 Å². The van der Waals surface area contributed by atoms with E-state index in [4.69, 9.17) is 0 Å². The zero-order valence-corrected chi connectivity index (χ0v) is 11.0. The summed E-state index contributed by atoms with van der Waals surface area (Å²) in [6.45, 7) is 0.955. The predicted octanol–water partition coefficient (Wildman–Crippen LogP) is 2.52. The first kappa shape index (κ1) is 12.4. The van der Waals surface area contributed by atoms with Crippen LogP contribution in [0.15, 0.2) is 58.3 Å². The lowest BCUT2D eigenvalue weighted by molar-refractivity contribution is 0.952. The maximum Gasteiger partial charge on any atom is 0.323 e. The summed E-state index contributed by atoms with van der Waals surface area (Å²) < 4.78 is 0. The zero-order chi connectivity index (χ0) is 13.8. The molecule has 0 saturated heterocycles. The van der Waals surface area contributed by atoms with Crippen LogP contribution in [0.2, 0.25) is 0 Å². The van der Waals surface area contributed by atoms with Crippen LogP contribution in [0.1, 0.15) is 11.1 Å². The Balaban J connectivity index is 0.000000121. The van der Waals surface area contributed by atoms with E-state index in [1.54, 1.807) is 0 Å². The number of benzene rings is 2. The molecule has 2 N–H and O–H groups in total. The number of rotatable bonds is 0. The molecule has 0 saturated carbocycles. The van der Waals surface area contributed by atoms with E-state index in [-0.39, 0.29) is 5.69 Å². The Kier molecular flexibility index (Phi) is 3.46. The first-order valence-electron chi connectivity index (χ1n) is 6.58. The molecule has 4 rings (SSSR count). The summed E-state index contributed by atoms with van der Waals surface area (Å²) in [6, 6.07) is 15.9. The molecule has 4 heteroatoms. The highest BCUT2D eigenvalue weighted by Gasteiger charge is 2.01. The Bertz CT molecular complexity index is 762. The van der Waals surface area contributed by atoms with Crippen LogP contribution in [-0.2, 0) is 6.42 Å². The van der Waals surface area contributed by atoms with Crippen molar-refractivity contribution in [3.05, 3.63) is 70.1 Å². The molecule has 0 fully saturated rings. The molecule has 0 amide bonds. The van der Waals surface area contributed by atoms with Crippen LogP contribution in [0.4, 0.5) is 0 Å². The molecule has 100 valence electrons. The third kappa shape index (κ3) is 2.69. The van der Waals surface area contributed by atoms with Crippen LogP contribution in [-0.4, -0.2) is 22.7 Å². The Morgan fingerprint density at radius 1 is 0.900 bits per heavy atom. The van der Waals surface area contributed by atoms with Gasteiger partial charge in [0.1, 0.15) is 0 Å². The summed E-state index contributed by atoms with van der Waals surface area (Å²) in [5.74, 6) is 0. The molecule has 2 heterocycles. The summed E-state index contributed by atoms with van der Waals surface area (Å²) in [5.41, 5.74) is 4.27. The summed E-state index contributed by atoms with van der Waals surface area (Å²) in [7, 11) is 0. The van der Waals surface area contributed by atoms with E-state index in [0.717, 1.165) is 24.0 Å². The number of aromatic amines is 2. The minimum Gasteiger partial charge on any atom is -0.306 e. The summed E-state index contributed by atoms with van der Waals surface area (Å²) in [5, 5.41) is 0. The smallest absolute Gasteiger partial charge is 0.306 e. The molecule has 0 bridgehead atoms. The third-order valence-electron chi connectivity index (χ3n) is 3.22. The molecule has 0 atom stereocenters. The van der Waals surface area contributed by atoms with Crippen molar-refractivity contribution in [3.8, 4) is 0 Å². The number of fused-ring (bicyclic) bond motifs is 2. The normalized spacial score (nSPS) is 12.6. The molecule has 3 aromatic rings. The molecular weight excluding hydrogens is 250 g/mol. The molecule has 2 aromatic carbocycles.